The standard InChI is InChI=1S/C14H19N7O3/c1-20(4-2-3-15)5-8-10(22)11(23)14(24-8)21-7-19-9-12(16)17-6-18-13(9)21/h6-8,10-11,14,22-23H,2,4-5H2,1H3,(H2,16,17,18)/t8-,10-,11-,14?/m1/s1. The monoisotopic (exact) mass is 333 g/mol. The van der Waals surface area contributed by atoms with Crippen molar-refractivity contribution in [1.82, 2.24) is 24.4 Å². The Balaban J connectivity index is 1.79. The first-order valence-electron chi connectivity index (χ1n) is 7.53. The number of ether oxygens (including phenoxy) is 1. The lowest BCUT2D eigenvalue weighted by Gasteiger charge is -2.21. The smallest absolute Gasteiger partial charge is 0.167 e. The van der Waals surface area contributed by atoms with Crippen molar-refractivity contribution in [2.24, 2.45) is 0 Å². The Hall–Kier alpha value is -2.32. The number of imidazole rings is 1. The second kappa shape index (κ2) is 6.66. The number of likely N-dealkylation sites (N-methyl/N-ethyl adjacent to an activating group) is 1. The van der Waals surface area contributed by atoms with E-state index in [1.807, 2.05) is 11.9 Å². The quantitative estimate of drug-likeness (QED) is 0.618. The maximum absolute atomic E-state index is 10.3. The highest BCUT2D eigenvalue weighted by Crippen LogP contribution is 2.32. The van der Waals surface area contributed by atoms with Gasteiger partial charge in [0.25, 0.3) is 0 Å². The molecule has 2 aromatic heterocycles. The molecule has 1 unspecified atom stereocenters. The average Bonchev–Trinajstić information content (AvgIpc) is 3.10. The molecule has 1 saturated heterocycles. The number of rotatable bonds is 5. The summed E-state index contributed by atoms with van der Waals surface area (Å²) in [6.45, 7) is 0.946. The Bertz CT molecular complexity index is 758. The fourth-order valence-electron chi connectivity index (χ4n) is 2.81. The molecule has 1 fully saturated rings. The summed E-state index contributed by atoms with van der Waals surface area (Å²) >= 11 is 0. The summed E-state index contributed by atoms with van der Waals surface area (Å²) in [5, 5.41) is 29.2. The summed E-state index contributed by atoms with van der Waals surface area (Å²) in [6, 6.07) is 2.07. The summed E-state index contributed by atoms with van der Waals surface area (Å²) in [4.78, 5) is 14.0. The largest absolute Gasteiger partial charge is 0.387 e. The molecule has 3 heterocycles. The van der Waals surface area contributed by atoms with Crippen molar-refractivity contribution in [3.63, 3.8) is 0 Å². The number of aromatic nitrogens is 4. The Morgan fingerprint density at radius 1 is 1.38 bits per heavy atom. The first-order valence-corrected chi connectivity index (χ1v) is 7.53. The second-order valence-corrected chi connectivity index (χ2v) is 5.80. The van der Waals surface area contributed by atoms with Gasteiger partial charge in [0.15, 0.2) is 17.7 Å². The van der Waals surface area contributed by atoms with E-state index in [-0.39, 0.29) is 5.82 Å². The van der Waals surface area contributed by atoms with Crippen LogP contribution in [0.3, 0.4) is 0 Å². The molecule has 10 heteroatoms. The van der Waals surface area contributed by atoms with Gasteiger partial charge in [-0.15, -0.1) is 0 Å². The SMILES string of the molecule is CN(CCC#N)C[C@H]1OC(n2cnc3c(N)ncnc32)[C@H](O)[C@@H]1O. The van der Waals surface area contributed by atoms with Gasteiger partial charge in [-0.25, -0.2) is 15.0 Å². The first-order chi connectivity index (χ1) is 11.5. The molecule has 0 saturated carbocycles. The summed E-state index contributed by atoms with van der Waals surface area (Å²) in [6.07, 6.45) is -0.463. The van der Waals surface area contributed by atoms with E-state index in [1.54, 1.807) is 0 Å². The number of hydrogen-bond donors (Lipinski definition) is 3. The fraction of sp³-hybridized carbons (Fsp3) is 0.571. The summed E-state index contributed by atoms with van der Waals surface area (Å²) in [7, 11) is 1.83. The minimum Gasteiger partial charge on any atom is -0.387 e. The molecule has 0 aromatic carbocycles. The minimum absolute atomic E-state index is 0.236. The molecule has 0 radical (unpaired) electrons. The van der Waals surface area contributed by atoms with E-state index >= 15 is 0 Å². The van der Waals surface area contributed by atoms with Crippen LogP contribution < -0.4 is 5.73 Å². The second-order valence-electron chi connectivity index (χ2n) is 5.80. The van der Waals surface area contributed by atoms with Crippen LogP contribution in [0.5, 0.6) is 0 Å². The van der Waals surface area contributed by atoms with E-state index in [2.05, 4.69) is 21.0 Å². The molecule has 0 spiro atoms. The van der Waals surface area contributed by atoms with Crippen LogP contribution >= 0.6 is 0 Å². The molecule has 4 atom stereocenters. The van der Waals surface area contributed by atoms with Crippen LogP contribution in [-0.2, 0) is 4.74 Å². The van der Waals surface area contributed by atoms with Crippen LogP contribution in [0.1, 0.15) is 12.6 Å². The Morgan fingerprint density at radius 3 is 2.92 bits per heavy atom. The average molecular weight is 333 g/mol. The van der Waals surface area contributed by atoms with Crippen molar-refractivity contribution in [1.29, 1.82) is 5.26 Å². The molecule has 24 heavy (non-hydrogen) atoms. The number of nitrogens with zero attached hydrogens (tertiary/aromatic N) is 6. The maximum Gasteiger partial charge on any atom is 0.167 e. The highest BCUT2D eigenvalue weighted by Gasteiger charge is 2.44. The van der Waals surface area contributed by atoms with Crippen molar-refractivity contribution in [3.8, 4) is 6.07 Å². The Kier molecular flexibility index (Phi) is 4.59. The molecule has 128 valence electrons. The van der Waals surface area contributed by atoms with Gasteiger partial charge in [-0.05, 0) is 7.05 Å². The maximum atomic E-state index is 10.3. The van der Waals surface area contributed by atoms with Crippen molar-refractivity contribution in [2.45, 2.75) is 31.0 Å². The lowest BCUT2D eigenvalue weighted by molar-refractivity contribution is -0.0420. The van der Waals surface area contributed by atoms with Crippen LogP contribution in [0, 0.1) is 11.3 Å². The highest BCUT2D eigenvalue weighted by atomic mass is 16.6. The van der Waals surface area contributed by atoms with E-state index in [9.17, 15) is 10.2 Å². The van der Waals surface area contributed by atoms with E-state index in [4.69, 9.17) is 15.7 Å². The summed E-state index contributed by atoms with van der Waals surface area (Å²) in [5.41, 5.74) is 6.60. The number of anilines is 1. The van der Waals surface area contributed by atoms with E-state index < -0.39 is 24.5 Å². The van der Waals surface area contributed by atoms with Crippen LogP contribution in [0.15, 0.2) is 12.7 Å². The molecule has 3 rings (SSSR count). The van der Waals surface area contributed by atoms with E-state index in [0.717, 1.165) is 0 Å². The fourth-order valence-corrected chi connectivity index (χ4v) is 2.81. The van der Waals surface area contributed by atoms with Crippen LogP contribution in [0.4, 0.5) is 5.82 Å². The molecule has 10 nitrogen and oxygen atoms in total. The predicted octanol–water partition coefficient (Wildman–Crippen LogP) is -1.13. The number of aliphatic hydroxyl groups excluding tert-OH is 2. The highest BCUT2D eigenvalue weighted by molar-refractivity contribution is 5.81. The normalized spacial score (nSPS) is 27.0. The molecule has 1 aliphatic heterocycles. The van der Waals surface area contributed by atoms with Gasteiger partial charge in [0, 0.05) is 19.5 Å². The van der Waals surface area contributed by atoms with Crippen molar-refractivity contribution >= 4 is 17.0 Å². The predicted molar refractivity (Wildman–Crippen MR) is 83.4 cm³/mol. The lowest BCUT2D eigenvalue weighted by atomic mass is 10.1. The van der Waals surface area contributed by atoms with Crippen LogP contribution in [0.2, 0.25) is 0 Å². The van der Waals surface area contributed by atoms with E-state index in [1.165, 1.54) is 17.2 Å². The topological polar surface area (TPSA) is 146 Å². The molecule has 1 aliphatic rings. The van der Waals surface area contributed by atoms with Gasteiger partial charge in [-0.2, -0.15) is 5.26 Å². The number of nitriles is 1. The number of aliphatic hydroxyl groups is 2. The van der Waals surface area contributed by atoms with Gasteiger partial charge in [0.05, 0.1) is 12.4 Å². The number of fused-ring (bicyclic) bond motifs is 1. The zero-order chi connectivity index (χ0) is 17.3. The zero-order valence-corrected chi connectivity index (χ0v) is 13.1. The molecule has 2 aromatic rings. The van der Waals surface area contributed by atoms with Crippen LogP contribution in [-0.4, -0.2) is 73.1 Å². The zero-order valence-electron chi connectivity index (χ0n) is 13.1. The van der Waals surface area contributed by atoms with Crippen LogP contribution in [0.25, 0.3) is 11.2 Å². The third-order valence-corrected chi connectivity index (χ3v) is 4.10. The van der Waals surface area contributed by atoms with Gasteiger partial charge < -0.3 is 25.6 Å². The van der Waals surface area contributed by atoms with Crippen molar-refractivity contribution in [2.75, 3.05) is 25.9 Å². The van der Waals surface area contributed by atoms with Gasteiger partial charge >= 0.3 is 0 Å². The number of hydrogen-bond acceptors (Lipinski definition) is 9. The van der Waals surface area contributed by atoms with E-state index in [0.29, 0.717) is 30.7 Å². The molecule has 0 bridgehead atoms. The van der Waals surface area contributed by atoms with Gasteiger partial charge in [0.2, 0.25) is 0 Å². The van der Waals surface area contributed by atoms with Crippen molar-refractivity contribution < 1.29 is 14.9 Å². The van der Waals surface area contributed by atoms with Gasteiger partial charge in [-0.3, -0.25) is 4.57 Å². The minimum atomic E-state index is -1.13. The molecule has 0 amide bonds. The Morgan fingerprint density at radius 2 is 2.17 bits per heavy atom. The molecule has 4 N–H and O–H groups in total. The first kappa shape index (κ1) is 16.5. The lowest BCUT2D eigenvalue weighted by Crippen LogP contribution is -2.38. The van der Waals surface area contributed by atoms with Gasteiger partial charge in [-0.1, -0.05) is 0 Å². The van der Waals surface area contributed by atoms with Gasteiger partial charge in [0.1, 0.15) is 30.2 Å². The number of nitrogens with two attached hydrogens (primary N) is 1. The van der Waals surface area contributed by atoms with Crippen molar-refractivity contribution in [3.05, 3.63) is 12.7 Å². The summed E-state index contributed by atoms with van der Waals surface area (Å²) < 4.78 is 7.36. The Labute approximate surface area is 138 Å². The molecule has 0 aliphatic carbocycles. The third-order valence-electron chi connectivity index (χ3n) is 4.10. The molecular formula is C14H19N7O3. The molecular weight excluding hydrogens is 314 g/mol. The summed E-state index contributed by atoms with van der Waals surface area (Å²) in [5.74, 6) is 0.236. The third kappa shape index (κ3) is 2.90. The number of nitrogen functional groups attached to an aromatic ring is 1.